The zero-order valence-electron chi connectivity index (χ0n) is 102. The number of amidine groups is 3. The van der Waals surface area contributed by atoms with Crippen LogP contribution >= 0.6 is 0 Å². The van der Waals surface area contributed by atoms with E-state index in [-0.39, 0.29) is 170 Å². The summed E-state index contributed by atoms with van der Waals surface area (Å²) in [6, 6.07) is 1.52. The maximum absolute atomic E-state index is 7.59. The van der Waals surface area contributed by atoms with E-state index < -0.39 is 0 Å². The summed E-state index contributed by atoms with van der Waals surface area (Å²) in [4.78, 5) is 65.3. The summed E-state index contributed by atoms with van der Waals surface area (Å²) in [6.07, 6.45) is 29.2. The number of likely N-dealkylation sites (tertiary alicyclic amines) is 6. The lowest BCUT2D eigenvalue weighted by atomic mass is 9.71. The fourth-order valence-electron chi connectivity index (χ4n) is 34.7. The Morgan fingerprint density at radius 1 is 0.240 bits per heavy atom. The zero-order valence-corrected chi connectivity index (χ0v) is 102. The summed E-state index contributed by atoms with van der Waals surface area (Å²) in [5, 5.41) is 26.0. The molecule has 0 aromatic carbocycles. The molecule has 14 aliphatic heterocycles. The maximum Gasteiger partial charge on any atom is 0.142 e. The fraction of sp³-hybridized carbons (Fsp3) is 0.923. The van der Waals surface area contributed by atoms with Gasteiger partial charge < -0.3 is 41.3 Å². The lowest BCUT2D eigenvalue weighted by molar-refractivity contribution is -0.271. The Kier molecular flexibility index (Phi) is 32.0. The standard InChI is InChI=1S/C117H222N26O3/c1-96(2)63-82(64-97(3,4)127-96)136(94-55-91(122-142(125-94)145-88-75-108(25,26)133(46)109(27,28)76-88)119-80-59-114(37,38)139(115(39,40)60-80)85-69-102(13,14)130-103(15,16)70-85)52-48-50-135(93-54-90(121-141(124-93)144-87-73-106(21,22)132(45)107(23,24)74-87)118-79-57-112(33,34)138(113(35,36)58-79)84-67-100(9,10)129-101(11,12)68-84)51-49-53-137(83-65-98(5,6)128-99(7,8)66-83)95-56-92(123-143(126-95)146-89-77-110(29,30)134(47)111(31,32)78-89)120-81-61-116(41,42)140(117(43,44)62-81)86-71-104(17,18)131-105(19,20)72-86/h54-56,79-89,124-131H,48-53,57-78H2,1-47H3,(H,118,121)(H,119,122)(H,120,123). The van der Waals surface area contributed by atoms with Crippen molar-refractivity contribution >= 4 is 17.5 Å². The van der Waals surface area contributed by atoms with Gasteiger partial charge in [0.25, 0.3) is 0 Å². The van der Waals surface area contributed by atoms with Crippen molar-refractivity contribution < 1.29 is 14.5 Å². The molecule has 0 aromatic rings. The molecule has 0 spiro atoms. The van der Waals surface area contributed by atoms with Crippen molar-refractivity contribution in [3.63, 3.8) is 0 Å². The molecule has 14 heterocycles. The van der Waals surface area contributed by atoms with Crippen LogP contribution in [0.2, 0.25) is 0 Å². The molecular formula is C117H222N26O3. The van der Waals surface area contributed by atoms with Crippen LogP contribution in [0.5, 0.6) is 0 Å². The first-order valence-electron chi connectivity index (χ1n) is 57.8. The van der Waals surface area contributed by atoms with Crippen LogP contribution in [0.3, 0.4) is 0 Å². The minimum atomic E-state index is -0.191. The van der Waals surface area contributed by atoms with E-state index in [1.807, 2.05) is 15.8 Å². The number of nitrogens with zero attached hydrogens (tertiary/aromatic N) is 15. The van der Waals surface area contributed by atoms with Crippen molar-refractivity contribution in [1.29, 1.82) is 0 Å². The average molecular weight is 2040 g/mol. The van der Waals surface area contributed by atoms with Gasteiger partial charge in [0.1, 0.15) is 35.0 Å². The molecule has 0 aromatic heterocycles. The van der Waals surface area contributed by atoms with E-state index in [1.165, 1.54) is 0 Å². The van der Waals surface area contributed by atoms with Crippen molar-refractivity contribution in [3.05, 3.63) is 35.7 Å². The first-order chi connectivity index (χ1) is 66.0. The van der Waals surface area contributed by atoms with Crippen LogP contribution in [0.25, 0.3) is 0 Å². The van der Waals surface area contributed by atoms with Crippen LogP contribution in [0, 0.1) is 0 Å². The van der Waals surface area contributed by atoms with E-state index >= 15 is 0 Å². The molecule has 0 atom stereocenters. The van der Waals surface area contributed by atoms with Crippen LogP contribution in [0.1, 0.15) is 459 Å². The molecule has 0 amide bonds. The lowest BCUT2D eigenvalue weighted by Crippen LogP contribution is -2.70. The summed E-state index contributed by atoms with van der Waals surface area (Å²) >= 11 is 0. The molecule has 838 valence electrons. The predicted octanol–water partition coefficient (Wildman–Crippen LogP) is 18.7. The highest BCUT2D eigenvalue weighted by molar-refractivity contribution is 5.95. The third-order valence-electron chi connectivity index (χ3n) is 37.4. The molecule has 14 rings (SSSR count). The molecule has 14 aliphatic rings. The Bertz CT molecular complexity index is 4360. The number of rotatable bonds is 25. The quantitative estimate of drug-likeness (QED) is 0.0408. The zero-order chi connectivity index (χ0) is 109. The Morgan fingerprint density at radius 2 is 0.432 bits per heavy atom. The maximum atomic E-state index is 7.59. The van der Waals surface area contributed by atoms with E-state index in [0.717, 1.165) is 202 Å². The number of hydrogen-bond acceptors (Lipinski definition) is 26. The minimum Gasteiger partial charge on any atom is -0.357 e. The van der Waals surface area contributed by atoms with E-state index in [2.05, 4.69) is 447 Å². The Morgan fingerprint density at radius 3 is 0.644 bits per heavy atom. The normalized spacial score (nSPS) is 31.9. The Balaban J connectivity index is 0.885. The van der Waals surface area contributed by atoms with Gasteiger partial charge in [0.05, 0.1) is 36.4 Å². The van der Waals surface area contributed by atoms with E-state index in [0.29, 0.717) is 31.2 Å². The summed E-state index contributed by atoms with van der Waals surface area (Å²) in [5.41, 5.74) is 21.3. The lowest BCUT2D eigenvalue weighted by Gasteiger charge is -2.61. The van der Waals surface area contributed by atoms with Crippen molar-refractivity contribution in [2.75, 3.05) is 47.3 Å². The second kappa shape index (κ2) is 39.8. The van der Waals surface area contributed by atoms with Gasteiger partial charge in [-0.3, -0.25) is 91.4 Å². The van der Waals surface area contributed by atoms with Gasteiger partial charge in [0.2, 0.25) is 0 Å². The second-order valence-corrected chi connectivity index (χ2v) is 63.7. The third-order valence-corrected chi connectivity index (χ3v) is 37.4. The fourth-order valence-corrected chi connectivity index (χ4v) is 34.7. The van der Waals surface area contributed by atoms with Gasteiger partial charge in [-0.1, -0.05) is 0 Å². The second-order valence-electron chi connectivity index (χ2n) is 63.7. The molecule has 146 heavy (non-hydrogen) atoms. The van der Waals surface area contributed by atoms with Crippen LogP contribution < -0.4 is 59.1 Å². The van der Waals surface area contributed by atoms with E-state index in [9.17, 15) is 0 Å². The first-order valence-corrected chi connectivity index (χ1v) is 57.8. The van der Waals surface area contributed by atoms with Gasteiger partial charge in [0.15, 0.2) is 0 Å². The predicted molar refractivity (Wildman–Crippen MR) is 606 cm³/mol. The SMILES string of the molecule is CN1C(C)(C)CC(ON2NC(N(CCCN(C3=CC(=NC4CC(C)(C)N(C5CC(C)(C)NC(C)(C)C5)C(C)(C)C4)NN(OC4CC(C)(C)N(C)C(C)(C)C4)N3)C3CC(C)(C)NC(C)(C)C3)CCCN(C3=CC(=NC4CC(C)(C)N(C5CC(C)(C)NC(C)(C)C5)C(C)(C)C4)NN(OC4CC(C)(C)N(C)C(C)(C)C4)N3)C3CC(C)(C)NC(C)(C)C3)=CC(=NC3CC(C)(C)N(C4CC(C)(C)NC(C)(C)C4)C(C)(C)C3)N2)CC1(C)C. The molecule has 11 saturated heterocycles. The van der Waals surface area contributed by atoms with Crippen molar-refractivity contribution in [2.45, 2.75) is 647 Å². The Labute approximate surface area is 891 Å². The largest absolute Gasteiger partial charge is 0.357 e. The van der Waals surface area contributed by atoms with Gasteiger partial charge in [-0.2, -0.15) is 0 Å². The number of hydrogen-bond donors (Lipinski definition) is 11. The van der Waals surface area contributed by atoms with Gasteiger partial charge >= 0.3 is 0 Å². The molecule has 0 saturated carbocycles. The minimum absolute atomic E-state index is 0.00348. The third kappa shape index (κ3) is 27.7. The molecule has 0 aliphatic carbocycles. The number of nitrogens with one attached hydrogen (secondary N) is 11. The summed E-state index contributed by atoms with van der Waals surface area (Å²) < 4.78 is 0. The monoisotopic (exact) mass is 2040 g/mol. The molecule has 0 radical (unpaired) electrons. The number of hydrazine groups is 6. The molecule has 11 fully saturated rings. The van der Waals surface area contributed by atoms with Crippen LogP contribution in [0.15, 0.2) is 50.7 Å². The molecule has 11 N–H and O–H groups in total. The highest BCUT2D eigenvalue weighted by atomic mass is 16.8. The molecule has 29 heteroatoms. The van der Waals surface area contributed by atoms with Gasteiger partial charge in [0, 0.05) is 196 Å². The van der Waals surface area contributed by atoms with Crippen molar-refractivity contribution in [2.24, 2.45) is 15.0 Å². The number of aliphatic imine (C=N–C) groups is 3. The molecule has 0 bridgehead atoms. The summed E-state index contributed by atoms with van der Waals surface area (Å²) in [6.45, 7) is 110. The topological polar surface area (TPSA) is 236 Å². The smallest absolute Gasteiger partial charge is 0.142 e. The molecule has 29 nitrogen and oxygen atoms in total. The van der Waals surface area contributed by atoms with Crippen molar-refractivity contribution in [1.82, 2.24) is 119 Å². The van der Waals surface area contributed by atoms with Crippen molar-refractivity contribution in [3.8, 4) is 0 Å². The van der Waals surface area contributed by atoms with E-state index in [1.54, 1.807) is 0 Å². The number of piperidine rings is 11. The Hall–Kier alpha value is -4.25. The molecule has 0 unspecified atom stereocenters. The average Bonchev–Trinajstić information content (AvgIpc) is 0.741. The van der Waals surface area contributed by atoms with Crippen LogP contribution in [-0.4, -0.2) is 313 Å². The molecular weight excluding hydrogens is 1820 g/mol. The highest BCUT2D eigenvalue weighted by Crippen LogP contribution is 2.53. The van der Waals surface area contributed by atoms with E-state index in [4.69, 9.17) is 29.5 Å². The van der Waals surface area contributed by atoms with Crippen LogP contribution in [0.4, 0.5) is 0 Å². The summed E-state index contributed by atoms with van der Waals surface area (Å²) in [5.74, 6) is 5.40. The summed E-state index contributed by atoms with van der Waals surface area (Å²) in [7, 11) is 6.88. The van der Waals surface area contributed by atoms with Gasteiger partial charge in [-0.25, -0.2) is 0 Å². The van der Waals surface area contributed by atoms with Gasteiger partial charge in [-0.15, -0.1) is 0 Å². The highest BCUT2D eigenvalue weighted by Gasteiger charge is 2.59. The first kappa shape index (κ1) is 117. The van der Waals surface area contributed by atoms with Crippen LogP contribution in [-0.2, 0) is 14.5 Å². The van der Waals surface area contributed by atoms with Gasteiger partial charge in [-0.05, 0) is 496 Å².